The lowest BCUT2D eigenvalue weighted by Gasteiger charge is -2.23. The maximum absolute atomic E-state index is 13.1. The van der Waals surface area contributed by atoms with Crippen LogP contribution in [0.5, 0.6) is 0 Å². The van der Waals surface area contributed by atoms with E-state index in [9.17, 15) is 19.5 Å². The zero-order valence-electron chi connectivity index (χ0n) is 18.8. The Morgan fingerprint density at radius 1 is 1.00 bits per heavy atom. The van der Waals surface area contributed by atoms with Crippen LogP contribution in [-0.2, 0) is 16.0 Å². The molecule has 8 heteroatoms. The molecular formula is C28H20BrNO4S2. The molecule has 1 aliphatic rings. The third-order valence-corrected chi connectivity index (χ3v) is 7.29. The lowest BCUT2D eigenvalue weighted by atomic mass is 10.0. The van der Waals surface area contributed by atoms with Crippen LogP contribution in [0.15, 0.2) is 94.3 Å². The molecule has 0 bridgehead atoms. The van der Waals surface area contributed by atoms with E-state index in [1.165, 1.54) is 11.0 Å². The second kappa shape index (κ2) is 11.6. The van der Waals surface area contributed by atoms with Crippen molar-refractivity contribution in [2.45, 2.75) is 12.5 Å². The van der Waals surface area contributed by atoms with E-state index in [2.05, 4.69) is 15.9 Å². The number of carboxylic acids is 1. The Labute approximate surface area is 226 Å². The Hall–Kier alpha value is -3.33. The molecule has 5 nitrogen and oxygen atoms in total. The van der Waals surface area contributed by atoms with Gasteiger partial charge in [-0.05, 0) is 41.0 Å². The molecule has 0 spiro atoms. The normalized spacial score (nSPS) is 15.6. The molecule has 0 saturated carbocycles. The van der Waals surface area contributed by atoms with Crippen LogP contribution in [0.1, 0.15) is 27.0 Å². The van der Waals surface area contributed by atoms with Crippen LogP contribution < -0.4 is 0 Å². The Bertz CT molecular complexity index is 1380. The molecule has 1 aliphatic heterocycles. The number of ketones is 1. The van der Waals surface area contributed by atoms with Gasteiger partial charge in [-0.1, -0.05) is 113 Å². The number of hydrogen-bond acceptors (Lipinski definition) is 5. The van der Waals surface area contributed by atoms with Gasteiger partial charge in [0, 0.05) is 16.5 Å². The number of carboxylic acid groups (broad SMARTS) is 1. The highest BCUT2D eigenvalue weighted by Crippen LogP contribution is 2.34. The molecule has 3 aromatic carbocycles. The molecule has 3 aromatic rings. The fourth-order valence-corrected chi connectivity index (χ4v) is 5.40. The van der Waals surface area contributed by atoms with Crippen molar-refractivity contribution >= 4 is 74.0 Å². The number of nitrogens with zero attached hydrogens (tertiary/aromatic N) is 1. The second-order valence-corrected chi connectivity index (χ2v) is 10.6. The number of thioether (sulfide) groups is 1. The summed E-state index contributed by atoms with van der Waals surface area (Å²) in [7, 11) is 0. The van der Waals surface area contributed by atoms with Crippen LogP contribution in [0.2, 0.25) is 0 Å². The van der Waals surface area contributed by atoms with E-state index < -0.39 is 17.9 Å². The Kier molecular flexibility index (Phi) is 8.30. The van der Waals surface area contributed by atoms with Gasteiger partial charge >= 0.3 is 5.97 Å². The van der Waals surface area contributed by atoms with Crippen molar-refractivity contribution in [3.8, 4) is 0 Å². The van der Waals surface area contributed by atoms with Crippen LogP contribution in [0.25, 0.3) is 12.2 Å². The number of rotatable bonds is 8. The number of aliphatic carboxylic acids is 1. The summed E-state index contributed by atoms with van der Waals surface area (Å²) in [4.78, 5) is 39.0. The maximum Gasteiger partial charge on any atom is 0.327 e. The monoisotopic (exact) mass is 577 g/mol. The molecule has 0 aliphatic carbocycles. The largest absolute Gasteiger partial charge is 0.480 e. The van der Waals surface area contributed by atoms with E-state index in [4.69, 9.17) is 12.2 Å². The summed E-state index contributed by atoms with van der Waals surface area (Å²) in [6.07, 6.45) is 5.10. The first-order chi connectivity index (χ1) is 17.3. The Morgan fingerprint density at radius 2 is 1.69 bits per heavy atom. The van der Waals surface area contributed by atoms with Gasteiger partial charge in [-0.15, -0.1) is 0 Å². The van der Waals surface area contributed by atoms with E-state index in [0.29, 0.717) is 10.5 Å². The first-order valence-electron chi connectivity index (χ1n) is 10.9. The van der Waals surface area contributed by atoms with Crippen LogP contribution >= 0.6 is 39.9 Å². The van der Waals surface area contributed by atoms with E-state index >= 15 is 0 Å². The van der Waals surface area contributed by atoms with Crippen molar-refractivity contribution in [1.29, 1.82) is 0 Å². The summed E-state index contributed by atoms with van der Waals surface area (Å²) in [5.41, 5.74) is 2.99. The van der Waals surface area contributed by atoms with Crippen molar-refractivity contribution in [3.63, 3.8) is 0 Å². The number of allylic oxidation sites excluding steroid dienone is 1. The number of benzene rings is 3. The van der Waals surface area contributed by atoms with Crippen molar-refractivity contribution in [1.82, 2.24) is 4.90 Å². The van der Waals surface area contributed by atoms with E-state index in [1.807, 2.05) is 66.7 Å². The predicted octanol–water partition coefficient (Wildman–Crippen LogP) is 6.24. The number of carbonyl (C=O) groups is 3. The van der Waals surface area contributed by atoms with Gasteiger partial charge in [0.25, 0.3) is 5.91 Å². The minimum atomic E-state index is -1.11. The van der Waals surface area contributed by atoms with Gasteiger partial charge in [0.05, 0.1) is 4.91 Å². The molecule has 0 radical (unpaired) electrons. The topological polar surface area (TPSA) is 74.7 Å². The molecule has 1 atom stereocenters. The molecule has 180 valence electrons. The van der Waals surface area contributed by atoms with Gasteiger partial charge in [-0.25, -0.2) is 4.79 Å². The summed E-state index contributed by atoms with van der Waals surface area (Å²) < 4.78 is 1.06. The minimum absolute atomic E-state index is 0.104. The smallest absolute Gasteiger partial charge is 0.327 e. The molecule has 0 unspecified atom stereocenters. The summed E-state index contributed by atoms with van der Waals surface area (Å²) in [6, 6.07) is 22.6. The third-order valence-electron chi connectivity index (χ3n) is 5.46. The zero-order chi connectivity index (χ0) is 25.7. The van der Waals surface area contributed by atoms with Crippen LogP contribution in [0.3, 0.4) is 0 Å². The van der Waals surface area contributed by atoms with Crippen LogP contribution in [0, 0.1) is 0 Å². The Morgan fingerprint density at radius 3 is 2.36 bits per heavy atom. The molecule has 1 saturated heterocycles. The molecule has 36 heavy (non-hydrogen) atoms. The van der Waals surface area contributed by atoms with Crippen molar-refractivity contribution < 1.29 is 19.5 Å². The average Bonchev–Trinajstić information content (AvgIpc) is 3.14. The first-order valence-corrected chi connectivity index (χ1v) is 13.0. The average molecular weight is 579 g/mol. The Balaban J connectivity index is 1.47. The standard InChI is InChI=1S/C28H20BrNO4S2/c29-22-8-4-7-21(17-22)24(31)14-13-18-9-11-20(12-10-18)16-25-26(32)30(28(35)36-25)23(27(33)34)15-19-5-2-1-3-6-19/h1-14,16-17,23H,15H2,(H,33,34)/b14-13+,25-16-/t23-/m0/s1. The highest BCUT2D eigenvalue weighted by atomic mass is 79.9. The molecule has 4 rings (SSSR count). The summed E-state index contributed by atoms with van der Waals surface area (Å²) in [6.45, 7) is 0. The van der Waals surface area contributed by atoms with Gasteiger partial charge in [-0.2, -0.15) is 0 Å². The van der Waals surface area contributed by atoms with Crippen molar-refractivity contribution in [2.24, 2.45) is 0 Å². The molecule has 1 amide bonds. The van der Waals surface area contributed by atoms with E-state index in [-0.39, 0.29) is 16.5 Å². The molecule has 0 aromatic heterocycles. The highest BCUT2D eigenvalue weighted by Gasteiger charge is 2.40. The fraction of sp³-hybridized carbons (Fsp3) is 0.0714. The predicted molar refractivity (Wildman–Crippen MR) is 151 cm³/mol. The van der Waals surface area contributed by atoms with Gasteiger partial charge < -0.3 is 5.11 Å². The highest BCUT2D eigenvalue weighted by molar-refractivity contribution is 9.10. The van der Waals surface area contributed by atoms with Crippen LogP contribution in [0.4, 0.5) is 0 Å². The lowest BCUT2D eigenvalue weighted by molar-refractivity contribution is -0.145. The van der Waals surface area contributed by atoms with Gasteiger partial charge in [-0.3, -0.25) is 14.5 Å². The van der Waals surface area contributed by atoms with Gasteiger partial charge in [0.2, 0.25) is 0 Å². The SMILES string of the molecule is O=C(/C=C/c1ccc(/C=C2\SC(=S)N([C@@H](Cc3ccccc3)C(=O)O)C2=O)cc1)c1cccc(Br)c1. The van der Waals surface area contributed by atoms with Gasteiger partial charge in [0.1, 0.15) is 10.4 Å². The van der Waals surface area contributed by atoms with Crippen LogP contribution in [-0.4, -0.2) is 38.0 Å². The molecule has 1 N–H and O–H groups in total. The van der Waals surface area contributed by atoms with Crippen molar-refractivity contribution in [2.75, 3.05) is 0 Å². The molecule has 1 heterocycles. The number of halogens is 1. The lowest BCUT2D eigenvalue weighted by Crippen LogP contribution is -2.45. The quantitative estimate of drug-likeness (QED) is 0.194. The summed E-state index contributed by atoms with van der Waals surface area (Å²) >= 11 is 9.83. The fourth-order valence-electron chi connectivity index (χ4n) is 3.64. The van der Waals surface area contributed by atoms with Crippen molar-refractivity contribution in [3.05, 3.63) is 117 Å². The van der Waals surface area contributed by atoms with E-state index in [1.54, 1.807) is 24.3 Å². The first kappa shape index (κ1) is 25.8. The summed E-state index contributed by atoms with van der Waals surface area (Å²) in [5, 5.41) is 9.80. The minimum Gasteiger partial charge on any atom is -0.480 e. The summed E-state index contributed by atoms with van der Waals surface area (Å²) in [5.74, 6) is -1.63. The molecule has 1 fully saturated rings. The number of hydrogen-bond donors (Lipinski definition) is 1. The number of amides is 1. The number of thiocarbonyl (C=S) groups is 1. The second-order valence-electron chi connectivity index (χ2n) is 7.97. The zero-order valence-corrected chi connectivity index (χ0v) is 22.1. The molecular weight excluding hydrogens is 558 g/mol. The third kappa shape index (κ3) is 6.26. The van der Waals surface area contributed by atoms with Gasteiger partial charge in [0.15, 0.2) is 5.78 Å². The van der Waals surface area contributed by atoms with E-state index in [0.717, 1.165) is 32.9 Å². The number of carbonyl (C=O) groups excluding carboxylic acids is 2. The maximum atomic E-state index is 13.1.